The summed E-state index contributed by atoms with van der Waals surface area (Å²) in [7, 11) is -1.45. The van der Waals surface area contributed by atoms with Gasteiger partial charge in [0.2, 0.25) is 0 Å². The van der Waals surface area contributed by atoms with Gasteiger partial charge in [-0.1, -0.05) is 0 Å². The van der Waals surface area contributed by atoms with Crippen LogP contribution in [0, 0.1) is 0 Å². The maximum Gasteiger partial charge on any atom is 0.336 e. The summed E-state index contributed by atoms with van der Waals surface area (Å²) in [4.78, 5) is 23.6. The molecule has 1 fully saturated rings. The third-order valence-corrected chi connectivity index (χ3v) is 7.31. The molecule has 2 aromatic rings. The number of hydrogen-bond donors (Lipinski definition) is 0. The quantitative estimate of drug-likeness (QED) is 0.536. The van der Waals surface area contributed by atoms with Crippen LogP contribution in [-0.4, -0.2) is 44.0 Å². The predicted molar refractivity (Wildman–Crippen MR) is 98.3 cm³/mol. The van der Waals surface area contributed by atoms with E-state index in [1.807, 2.05) is 0 Å². The molecule has 9 heteroatoms. The van der Waals surface area contributed by atoms with Gasteiger partial charge in [0.05, 0.1) is 24.4 Å². The number of esters is 1. The zero-order valence-electron chi connectivity index (χ0n) is 14.1. The van der Waals surface area contributed by atoms with Crippen molar-refractivity contribution in [2.45, 2.75) is 18.3 Å². The van der Waals surface area contributed by atoms with Crippen LogP contribution in [0.4, 0.5) is 0 Å². The lowest BCUT2D eigenvalue weighted by molar-refractivity contribution is -0.141. The first-order valence-electron chi connectivity index (χ1n) is 7.95. The molecule has 1 aliphatic rings. The molecule has 0 amide bonds. The fourth-order valence-electron chi connectivity index (χ4n) is 2.73. The van der Waals surface area contributed by atoms with E-state index >= 15 is 0 Å². The van der Waals surface area contributed by atoms with Crippen molar-refractivity contribution in [3.63, 3.8) is 0 Å². The number of rotatable bonds is 6. The molecule has 0 bridgehead atoms. The molecule has 0 spiro atoms. The van der Waals surface area contributed by atoms with Crippen molar-refractivity contribution in [3.8, 4) is 5.75 Å². The summed E-state index contributed by atoms with van der Waals surface area (Å²) in [5.41, 5.74) is 0.358. The number of benzene rings is 1. The first-order chi connectivity index (χ1) is 12.4. The standard InChI is InChI=1S/C17H18O7S2/c1-22-12-2-3-14-11(6-16(18)24-15(14)7-12)8-23-17(19)9-25-13-4-5-26(20,21)10-13/h2-3,6-7,13H,4-5,8-10H2,1H3/t13-/m0/s1. The average molecular weight is 398 g/mol. The van der Waals surface area contributed by atoms with Gasteiger partial charge in [0.1, 0.15) is 17.9 Å². The molecule has 1 aliphatic heterocycles. The Morgan fingerprint density at radius 2 is 2.15 bits per heavy atom. The van der Waals surface area contributed by atoms with Crippen molar-refractivity contribution in [1.29, 1.82) is 0 Å². The van der Waals surface area contributed by atoms with Gasteiger partial charge in [0.15, 0.2) is 9.84 Å². The summed E-state index contributed by atoms with van der Waals surface area (Å²) in [5.74, 6) is 0.464. The molecule has 26 heavy (non-hydrogen) atoms. The van der Waals surface area contributed by atoms with Gasteiger partial charge in [-0.25, -0.2) is 13.2 Å². The zero-order chi connectivity index (χ0) is 18.7. The molecule has 0 aliphatic carbocycles. The second-order valence-electron chi connectivity index (χ2n) is 5.95. The van der Waals surface area contributed by atoms with Crippen LogP contribution in [-0.2, 0) is 26.0 Å². The number of carbonyl (C=O) groups excluding carboxylic acids is 1. The summed E-state index contributed by atoms with van der Waals surface area (Å²) >= 11 is 1.29. The van der Waals surface area contributed by atoms with Gasteiger partial charge in [-0.05, 0) is 18.6 Å². The average Bonchev–Trinajstić information content (AvgIpc) is 2.96. The maximum atomic E-state index is 11.9. The summed E-state index contributed by atoms with van der Waals surface area (Å²) in [6, 6.07) is 6.35. The molecular weight excluding hydrogens is 380 g/mol. The third-order valence-electron chi connectivity index (χ3n) is 4.05. The van der Waals surface area contributed by atoms with Crippen LogP contribution in [0.2, 0.25) is 0 Å². The highest BCUT2D eigenvalue weighted by Crippen LogP contribution is 2.25. The molecule has 0 radical (unpaired) electrons. The van der Waals surface area contributed by atoms with E-state index in [1.165, 1.54) is 24.9 Å². The van der Waals surface area contributed by atoms with Crippen molar-refractivity contribution in [2.75, 3.05) is 24.4 Å². The van der Waals surface area contributed by atoms with Crippen LogP contribution in [0.1, 0.15) is 12.0 Å². The van der Waals surface area contributed by atoms with E-state index in [2.05, 4.69) is 0 Å². The lowest BCUT2D eigenvalue weighted by atomic mass is 10.1. The summed E-state index contributed by atoms with van der Waals surface area (Å²) < 4.78 is 38.3. The van der Waals surface area contributed by atoms with Crippen molar-refractivity contribution < 1.29 is 27.1 Å². The second-order valence-corrected chi connectivity index (χ2v) is 9.47. The molecule has 0 N–H and O–H groups in total. The van der Waals surface area contributed by atoms with Crippen LogP contribution < -0.4 is 10.4 Å². The number of carbonyl (C=O) groups is 1. The van der Waals surface area contributed by atoms with Crippen LogP contribution in [0.15, 0.2) is 33.5 Å². The number of ether oxygens (including phenoxy) is 2. The Morgan fingerprint density at radius 1 is 1.35 bits per heavy atom. The molecule has 140 valence electrons. The minimum absolute atomic E-state index is 0.0587. The first kappa shape index (κ1) is 18.8. The van der Waals surface area contributed by atoms with Gasteiger partial charge in [0.25, 0.3) is 0 Å². The van der Waals surface area contributed by atoms with E-state index in [1.54, 1.807) is 18.2 Å². The number of thioether (sulfide) groups is 1. The predicted octanol–water partition coefficient (Wildman–Crippen LogP) is 1.77. The highest BCUT2D eigenvalue weighted by molar-refractivity contribution is 8.02. The Hall–Kier alpha value is -2.00. The van der Waals surface area contributed by atoms with E-state index in [0.29, 0.717) is 28.7 Å². The van der Waals surface area contributed by atoms with E-state index < -0.39 is 21.4 Å². The van der Waals surface area contributed by atoms with E-state index in [9.17, 15) is 18.0 Å². The third kappa shape index (κ3) is 4.59. The van der Waals surface area contributed by atoms with Crippen LogP contribution in [0.3, 0.4) is 0 Å². The lowest BCUT2D eigenvalue weighted by Gasteiger charge is -2.09. The fourth-order valence-corrected chi connectivity index (χ4v) is 6.17. The number of methoxy groups -OCH3 is 1. The van der Waals surface area contributed by atoms with Crippen molar-refractivity contribution in [1.82, 2.24) is 0 Å². The molecule has 3 rings (SSSR count). The van der Waals surface area contributed by atoms with E-state index in [4.69, 9.17) is 13.9 Å². The SMILES string of the molecule is COc1ccc2c(COC(=O)CS[C@H]3CCS(=O)(=O)C3)cc(=O)oc2c1. The molecular formula is C17H18O7S2. The largest absolute Gasteiger partial charge is 0.497 e. The van der Waals surface area contributed by atoms with Gasteiger partial charge >= 0.3 is 11.6 Å². The minimum Gasteiger partial charge on any atom is -0.497 e. The molecule has 1 aromatic heterocycles. The Morgan fingerprint density at radius 3 is 2.85 bits per heavy atom. The van der Waals surface area contributed by atoms with Crippen LogP contribution in [0.25, 0.3) is 11.0 Å². The topological polar surface area (TPSA) is 99.9 Å². The molecule has 2 heterocycles. The van der Waals surface area contributed by atoms with Gasteiger partial charge in [0, 0.05) is 28.3 Å². The highest BCUT2D eigenvalue weighted by Gasteiger charge is 2.28. The zero-order valence-corrected chi connectivity index (χ0v) is 15.7. The molecule has 1 atom stereocenters. The van der Waals surface area contributed by atoms with Crippen molar-refractivity contribution >= 4 is 38.5 Å². The van der Waals surface area contributed by atoms with Crippen LogP contribution in [0.5, 0.6) is 5.75 Å². The number of sulfone groups is 1. The Labute approximate surface area is 154 Å². The van der Waals surface area contributed by atoms with Crippen LogP contribution >= 0.6 is 11.8 Å². The number of hydrogen-bond acceptors (Lipinski definition) is 8. The molecule has 1 aromatic carbocycles. The van der Waals surface area contributed by atoms with Gasteiger partial charge < -0.3 is 13.9 Å². The Bertz CT molecular complexity index is 978. The fraction of sp³-hybridized carbons (Fsp3) is 0.412. The first-order valence-corrected chi connectivity index (χ1v) is 10.8. The van der Waals surface area contributed by atoms with Crippen molar-refractivity contribution in [3.05, 3.63) is 40.2 Å². The maximum absolute atomic E-state index is 11.9. The lowest BCUT2D eigenvalue weighted by Crippen LogP contribution is -2.13. The Balaban J connectivity index is 1.62. The second kappa shape index (κ2) is 7.71. The summed E-state index contributed by atoms with van der Waals surface area (Å²) in [5, 5.41) is 0.595. The minimum atomic E-state index is -2.96. The normalized spacial score (nSPS) is 18.7. The number of fused-ring (bicyclic) bond motifs is 1. The van der Waals surface area contributed by atoms with Gasteiger partial charge in [-0.3, -0.25) is 4.79 Å². The molecule has 0 unspecified atom stereocenters. The van der Waals surface area contributed by atoms with Gasteiger partial charge in [-0.15, -0.1) is 11.8 Å². The molecule has 1 saturated heterocycles. The highest BCUT2D eigenvalue weighted by atomic mass is 32.2. The van der Waals surface area contributed by atoms with E-state index in [-0.39, 0.29) is 29.1 Å². The van der Waals surface area contributed by atoms with Gasteiger partial charge in [-0.2, -0.15) is 0 Å². The summed E-state index contributed by atoms with van der Waals surface area (Å²) in [6.45, 7) is -0.0587. The molecule has 0 saturated carbocycles. The monoisotopic (exact) mass is 398 g/mol. The van der Waals surface area contributed by atoms with Crippen molar-refractivity contribution in [2.24, 2.45) is 0 Å². The smallest absolute Gasteiger partial charge is 0.336 e. The van der Waals surface area contributed by atoms with E-state index in [0.717, 1.165) is 0 Å². The Kier molecular flexibility index (Phi) is 5.57. The molecule has 7 nitrogen and oxygen atoms in total. The summed E-state index contributed by atoms with van der Waals surface area (Å²) in [6.07, 6.45) is 0.562.